The minimum atomic E-state index is -0.426. The van der Waals surface area contributed by atoms with Gasteiger partial charge in [-0.3, -0.25) is 5.10 Å². The van der Waals surface area contributed by atoms with E-state index in [2.05, 4.69) is 25.6 Å². The van der Waals surface area contributed by atoms with Gasteiger partial charge in [-0.1, -0.05) is 6.08 Å². The lowest BCUT2D eigenvalue weighted by molar-refractivity contribution is 0.461. The van der Waals surface area contributed by atoms with Gasteiger partial charge in [0.15, 0.2) is 6.33 Å². The largest absolute Gasteiger partial charge is 0.398 e. The summed E-state index contributed by atoms with van der Waals surface area (Å²) in [7, 11) is 0. The van der Waals surface area contributed by atoms with Crippen LogP contribution in [-0.4, -0.2) is 30.4 Å². The van der Waals surface area contributed by atoms with Crippen LogP contribution in [0.5, 0.6) is 0 Å². The van der Waals surface area contributed by atoms with Crippen LogP contribution in [0.15, 0.2) is 18.6 Å². The van der Waals surface area contributed by atoms with Crippen LogP contribution in [0.1, 0.15) is 36.6 Å². The Hall–Kier alpha value is -2.77. The molecule has 0 radical (unpaired) electrons. The smallest absolute Gasteiger partial charge is 0.162 e. The van der Waals surface area contributed by atoms with E-state index in [1.54, 1.807) is 26.1 Å². The molecule has 0 saturated heterocycles. The normalized spacial score (nSPS) is 13.7. The highest BCUT2D eigenvalue weighted by Crippen LogP contribution is 2.34. The quantitative estimate of drug-likeness (QED) is 0.770. The van der Waals surface area contributed by atoms with Crippen LogP contribution in [0.3, 0.4) is 0 Å². The highest BCUT2D eigenvalue weighted by molar-refractivity contribution is 5.94. The molecule has 0 amide bonds. The van der Waals surface area contributed by atoms with Gasteiger partial charge in [0.05, 0.1) is 11.7 Å². The SMILES string of the molecule is C/C=C(\N)c1c(C)c(F)c([C@@H](C)n2ncnn2)c2[nH]ncc12. The summed E-state index contributed by atoms with van der Waals surface area (Å²) in [4.78, 5) is 1.36. The highest BCUT2D eigenvalue weighted by Gasteiger charge is 2.24. The second-order valence-corrected chi connectivity index (χ2v) is 5.06. The third-order valence-corrected chi connectivity index (χ3v) is 3.85. The number of fused-ring (bicyclic) bond motifs is 1. The van der Waals surface area contributed by atoms with Crippen LogP contribution in [0.25, 0.3) is 16.6 Å². The molecule has 0 aliphatic carbocycles. The fraction of sp³-hybridized carbons (Fsp3) is 0.286. The Morgan fingerprint density at radius 2 is 2.27 bits per heavy atom. The van der Waals surface area contributed by atoms with E-state index in [-0.39, 0.29) is 5.82 Å². The lowest BCUT2D eigenvalue weighted by Crippen LogP contribution is -2.15. The maximum absolute atomic E-state index is 15.0. The van der Waals surface area contributed by atoms with Crippen molar-refractivity contribution >= 4 is 16.6 Å². The molecule has 8 heteroatoms. The van der Waals surface area contributed by atoms with E-state index in [4.69, 9.17) is 5.73 Å². The number of tetrazole rings is 1. The maximum atomic E-state index is 15.0. The van der Waals surface area contributed by atoms with Crippen LogP contribution in [0, 0.1) is 12.7 Å². The van der Waals surface area contributed by atoms with Gasteiger partial charge in [-0.25, -0.2) is 4.39 Å². The molecule has 0 saturated carbocycles. The summed E-state index contributed by atoms with van der Waals surface area (Å²) in [6.07, 6.45) is 4.71. The van der Waals surface area contributed by atoms with Crippen molar-refractivity contribution in [2.24, 2.45) is 5.73 Å². The van der Waals surface area contributed by atoms with E-state index in [0.29, 0.717) is 27.9 Å². The first-order chi connectivity index (χ1) is 10.6. The average Bonchev–Trinajstić information content (AvgIpc) is 3.18. The van der Waals surface area contributed by atoms with Crippen LogP contribution in [0.4, 0.5) is 4.39 Å². The number of nitrogens with zero attached hydrogens (tertiary/aromatic N) is 5. The second-order valence-electron chi connectivity index (χ2n) is 5.06. The van der Waals surface area contributed by atoms with E-state index in [1.165, 1.54) is 11.1 Å². The van der Waals surface area contributed by atoms with Crippen molar-refractivity contribution in [1.29, 1.82) is 0 Å². The van der Waals surface area contributed by atoms with Gasteiger partial charge >= 0.3 is 0 Å². The minimum absolute atomic E-state index is 0.346. The number of H-pyrrole nitrogens is 1. The Bertz CT molecular complexity index is 848. The molecule has 0 fully saturated rings. The second kappa shape index (κ2) is 5.21. The Labute approximate surface area is 126 Å². The third kappa shape index (κ3) is 1.95. The van der Waals surface area contributed by atoms with Gasteiger partial charge in [0.2, 0.25) is 0 Å². The van der Waals surface area contributed by atoms with Gasteiger partial charge < -0.3 is 5.73 Å². The molecular weight excluding hydrogens is 285 g/mol. The third-order valence-electron chi connectivity index (χ3n) is 3.85. The fourth-order valence-electron chi connectivity index (χ4n) is 2.68. The monoisotopic (exact) mass is 301 g/mol. The molecule has 3 rings (SSSR count). The van der Waals surface area contributed by atoms with Crippen molar-refractivity contribution in [1.82, 2.24) is 30.4 Å². The molecule has 2 heterocycles. The first kappa shape index (κ1) is 14.2. The topological polar surface area (TPSA) is 98.3 Å². The fourth-order valence-corrected chi connectivity index (χ4v) is 2.68. The lowest BCUT2D eigenvalue weighted by Gasteiger charge is -2.17. The zero-order valence-electron chi connectivity index (χ0n) is 12.5. The minimum Gasteiger partial charge on any atom is -0.398 e. The van der Waals surface area contributed by atoms with Gasteiger partial charge in [0, 0.05) is 22.2 Å². The molecule has 3 aromatic rings. The van der Waals surface area contributed by atoms with Gasteiger partial charge in [0.1, 0.15) is 11.9 Å². The van der Waals surface area contributed by atoms with Crippen molar-refractivity contribution in [2.75, 3.05) is 0 Å². The summed E-state index contributed by atoms with van der Waals surface area (Å²) >= 11 is 0. The van der Waals surface area contributed by atoms with E-state index in [1.807, 2.05) is 6.92 Å². The van der Waals surface area contributed by atoms with Crippen molar-refractivity contribution in [3.63, 3.8) is 0 Å². The molecule has 0 aliphatic heterocycles. The van der Waals surface area contributed by atoms with E-state index >= 15 is 0 Å². The van der Waals surface area contributed by atoms with E-state index < -0.39 is 6.04 Å². The summed E-state index contributed by atoms with van der Waals surface area (Å²) in [6.45, 7) is 5.32. The van der Waals surface area contributed by atoms with Crippen molar-refractivity contribution in [2.45, 2.75) is 26.8 Å². The molecule has 0 unspecified atom stereocenters. The van der Waals surface area contributed by atoms with E-state index in [0.717, 1.165) is 5.39 Å². The van der Waals surface area contributed by atoms with Crippen molar-refractivity contribution in [3.05, 3.63) is 41.1 Å². The molecule has 1 atom stereocenters. The summed E-state index contributed by atoms with van der Waals surface area (Å²) < 4.78 is 15.0. The Balaban J connectivity index is 2.34. The zero-order valence-corrected chi connectivity index (χ0v) is 12.5. The lowest BCUT2D eigenvalue weighted by atomic mass is 9.94. The number of aromatic nitrogens is 6. The number of benzene rings is 1. The van der Waals surface area contributed by atoms with Crippen LogP contribution < -0.4 is 5.73 Å². The predicted octanol–water partition coefficient (Wildman–Crippen LogP) is 1.93. The Morgan fingerprint density at radius 1 is 1.50 bits per heavy atom. The molecule has 2 aromatic heterocycles. The molecule has 3 N–H and O–H groups in total. The van der Waals surface area contributed by atoms with Gasteiger partial charge in [0.25, 0.3) is 0 Å². The highest BCUT2D eigenvalue weighted by atomic mass is 19.1. The van der Waals surface area contributed by atoms with Crippen molar-refractivity contribution in [3.8, 4) is 0 Å². The number of allylic oxidation sites excluding steroid dienone is 1. The summed E-state index contributed by atoms with van der Waals surface area (Å²) in [5, 5.41) is 19.2. The number of nitrogens with two attached hydrogens (primary N) is 1. The summed E-state index contributed by atoms with van der Waals surface area (Å²) in [5.74, 6) is -0.346. The molecule has 114 valence electrons. The molecule has 0 bridgehead atoms. The standard InChI is InChI=1S/C14H16FN7/c1-4-10(16)11-7(2)13(15)12(14-9(11)5-17-20-14)8(3)22-19-6-18-21-22/h4-6,8H,16H2,1-3H3,(H,17,20)/b10-4-/t8-/m1/s1. The number of aromatic amines is 1. The van der Waals surface area contributed by atoms with Crippen LogP contribution in [-0.2, 0) is 0 Å². The first-order valence-electron chi connectivity index (χ1n) is 6.85. The first-order valence-corrected chi connectivity index (χ1v) is 6.85. The average molecular weight is 301 g/mol. The summed E-state index contributed by atoms with van der Waals surface area (Å²) in [5.41, 5.74) is 8.71. The number of halogens is 1. The van der Waals surface area contributed by atoms with Gasteiger partial charge in [-0.05, 0) is 31.5 Å². The zero-order chi connectivity index (χ0) is 15.9. The molecule has 0 aliphatic rings. The van der Waals surface area contributed by atoms with Crippen molar-refractivity contribution < 1.29 is 4.39 Å². The number of nitrogens with one attached hydrogen (secondary N) is 1. The Kier molecular flexibility index (Phi) is 3.36. The van der Waals surface area contributed by atoms with E-state index in [9.17, 15) is 4.39 Å². The van der Waals surface area contributed by atoms with Crippen LogP contribution >= 0.6 is 0 Å². The summed E-state index contributed by atoms with van der Waals surface area (Å²) in [6, 6.07) is -0.426. The molecule has 22 heavy (non-hydrogen) atoms. The molecular formula is C14H16FN7. The van der Waals surface area contributed by atoms with Gasteiger partial charge in [-0.2, -0.15) is 9.90 Å². The van der Waals surface area contributed by atoms with Crippen LogP contribution in [0.2, 0.25) is 0 Å². The predicted molar refractivity (Wildman–Crippen MR) is 80.3 cm³/mol. The molecule has 0 spiro atoms. The number of rotatable bonds is 3. The maximum Gasteiger partial charge on any atom is 0.162 e. The number of hydrogen-bond acceptors (Lipinski definition) is 5. The molecule has 7 nitrogen and oxygen atoms in total. The Morgan fingerprint density at radius 3 is 2.91 bits per heavy atom. The molecule has 1 aromatic carbocycles. The number of hydrogen-bond donors (Lipinski definition) is 2. The van der Waals surface area contributed by atoms with Gasteiger partial charge in [-0.15, -0.1) is 10.2 Å².